The van der Waals surface area contributed by atoms with Gasteiger partial charge in [-0.2, -0.15) is 5.10 Å². The number of nitrogens with zero attached hydrogens (tertiary/aromatic N) is 3. The number of benzene rings is 1. The summed E-state index contributed by atoms with van der Waals surface area (Å²) in [6.45, 7) is 2.32. The Balaban J connectivity index is 1.86. The van der Waals surface area contributed by atoms with Gasteiger partial charge < -0.3 is 5.32 Å². The van der Waals surface area contributed by atoms with Crippen LogP contribution in [0.4, 0.5) is 5.69 Å². The van der Waals surface area contributed by atoms with E-state index in [9.17, 15) is 0 Å². The second-order valence-corrected chi connectivity index (χ2v) is 6.05. The van der Waals surface area contributed by atoms with Crippen molar-refractivity contribution in [2.75, 3.05) is 5.32 Å². The lowest BCUT2D eigenvalue weighted by Crippen LogP contribution is -2.26. The highest BCUT2D eigenvalue weighted by atomic mass is 35.5. The molecule has 1 aromatic carbocycles. The lowest BCUT2D eigenvalue weighted by Gasteiger charge is -2.29. The molecule has 3 rings (SSSR count). The zero-order valence-corrected chi connectivity index (χ0v) is 12.3. The second-order valence-electron chi connectivity index (χ2n) is 5.61. The minimum absolute atomic E-state index is 0.513. The molecule has 1 heterocycles. The SMILES string of the molecule is CC1CCCC(Nc2cc(Cl)ccc2-n2cncn2)C1. The number of hydrogen-bond donors (Lipinski definition) is 1. The first-order chi connectivity index (χ1) is 9.72. The summed E-state index contributed by atoms with van der Waals surface area (Å²) in [6.07, 6.45) is 8.30. The maximum atomic E-state index is 6.14. The van der Waals surface area contributed by atoms with Crippen LogP contribution in [0.1, 0.15) is 32.6 Å². The van der Waals surface area contributed by atoms with Gasteiger partial charge in [-0.25, -0.2) is 9.67 Å². The Morgan fingerprint density at radius 2 is 2.25 bits per heavy atom. The average molecular weight is 291 g/mol. The molecule has 0 bridgehead atoms. The molecule has 4 nitrogen and oxygen atoms in total. The van der Waals surface area contributed by atoms with Crippen LogP contribution in [0.25, 0.3) is 5.69 Å². The molecule has 2 aromatic rings. The van der Waals surface area contributed by atoms with Crippen molar-refractivity contribution < 1.29 is 0 Å². The molecule has 0 amide bonds. The predicted molar refractivity (Wildman–Crippen MR) is 81.4 cm³/mol. The normalized spacial score (nSPS) is 22.7. The first kappa shape index (κ1) is 13.4. The number of halogens is 1. The molecule has 1 aliphatic carbocycles. The molecular weight excluding hydrogens is 272 g/mol. The molecule has 1 aliphatic rings. The van der Waals surface area contributed by atoms with Crippen molar-refractivity contribution in [3.05, 3.63) is 35.9 Å². The van der Waals surface area contributed by atoms with Gasteiger partial charge in [-0.1, -0.05) is 31.4 Å². The number of aromatic nitrogens is 3. The van der Waals surface area contributed by atoms with Crippen LogP contribution < -0.4 is 5.32 Å². The fraction of sp³-hybridized carbons (Fsp3) is 0.467. The smallest absolute Gasteiger partial charge is 0.138 e. The Hall–Kier alpha value is -1.55. The van der Waals surface area contributed by atoms with E-state index >= 15 is 0 Å². The van der Waals surface area contributed by atoms with Gasteiger partial charge in [-0.15, -0.1) is 0 Å². The number of nitrogens with one attached hydrogen (secondary N) is 1. The summed E-state index contributed by atoms with van der Waals surface area (Å²) in [5.41, 5.74) is 2.02. The van der Waals surface area contributed by atoms with Crippen molar-refractivity contribution in [1.82, 2.24) is 14.8 Å². The summed E-state index contributed by atoms with van der Waals surface area (Å²) in [5.74, 6) is 0.787. The van der Waals surface area contributed by atoms with E-state index in [1.807, 2.05) is 18.2 Å². The topological polar surface area (TPSA) is 42.7 Å². The van der Waals surface area contributed by atoms with Gasteiger partial charge in [0.05, 0.1) is 11.4 Å². The Labute approximate surface area is 124 Å². The fourth-order valence-electron chi connectivity index (χ4n) is 2.94. The van der Waals surface area contributed by atoms with Crippen LogP contribution in [0.15, 0.2) is 30.9 Å². The van der Waals surface area contributed by atoms with Crippen molar-refractivity contribution in [2.24, 2.45) is 5.92 Å². The molecule has 20 heavy (non-hydrogen) atoms. The van der Waals surface area contributed by atoms with Gasteiger partial charge in [0.15, 0.2) is 0 Å². The van der Waals surface area contributed by atoms with Crippen LogP contribution in [-0.2, 0) is 0 Å². The largest absolute Gasteiger partial charge is 0.381 e. The zero-order valence-electron chi connectivity index (χ0n) is 11.6. The second kappa shape index (κ2) is 5.83. The minimum Gasteiger partial charge on any atom is -0.381 e. The quantitative estimate of drug-likeness (QED) is 0.932. The summed E-state index contributed by atoms with van der Waals surface area (Å²) in [5, 5.41) is 8.58. The standard InChI is InChI=1S/C15H19ClN4/c1-11-3-2-4-13(7-11)19-14-8-12(16)5-6-15(14)20-10-17-9-18-20/h5-6,8-11,13,19H,2-4,7H2,1H3. The Bertz CT molecular complexity index is 567. The monoisotopic (exact) mass is 290 g/mol. The molecule has 0 radical (unpaired) electrons. The van der Waals surface area contributed by atoms with Crippen LogP contribution >= 0.6 is 11.6 Å². The average Bonchev–Trinajstić information content (AvgIpc) is 2.93. The summed E-state index contributed by atoms with van der Waals surface area (Å²) in [7, 11) is 0. The van der Waals surface area contributed by atoms with Crippen LogP contribution in [0.5, 0.6) is 0 Å². The van der Waals surface area contributed by atoms with Gasteiger partial charge in [-0.3, -0.25) is 0 Å². The van der Waals surface area contributed by atoms with Crippen molar-refractivity contribution in [3.8, 4) is 5.69 Å². The molecule has 0 saturated heterocycles. The Morgan fingerprint density at radius 3 is 3.00 bits per heavy atom. The summed E-state index contributed by atoms with van der Waals surface area (Å²) < 4.78 is 1.77. The highest BCUT2D eigenvalue weighted by Gasteiger charge is 2.20. The van der Waals surface area contributed by atoms with Crippen molar-refractivity contribution in [3.63, 3.8) is 0 Å². The molecule has 5 heteroatoms. The van der Waals surface area contributed by atoms with Gasteiger partial charge in [-0.05, 0) is 37.0 Å². The van der Waals surface area contributed by atoms with Gasteiger partial charge in [0.25, 0.3) is 0 Å². The molecule has 1 fully saturated rings. The van der Waals surface area contributed by atoms with E-state index in [0.717, 1.165) is 22.3 Å². The third-order valence-electron chi connectivity index (χ3n) is 3.92. The van der Waals surface area contributed by atoms with E-state index in [1.165, 1.54) is 25.7 Å². The van der Waals surface area contributed by atoms with Crippen molar-refractivity contribution in [1.29, 1.82) is 0 Å². The Morgan fingerprint density at radius 1 is 1.35 bits per heavy atom. The van der Waals surface area contributed by atoms with E-state index in [2.05, 4.69) is 22.3 Å². The van der Waals surface area contributed by atoms with E-state index < -0.39 is 0 Å². The van der Waals surface area contributed by atoms with Gasteiger partial charge in [0, 0.05) is 11.1 Å². The lowest BCUT2D eigenvalue weighted by molar-refractivity contribution is 0.358. The first-order valence-corrected chi connectivity index (χ1v) is 7.51. The summed E-state index contributed by atoms with van der Waals surface area (Å²) in [4.78, 5) is 4.01. The maximum absolute atomic E-state index is 6.14. The molecule has 0 aliphatic heterocycles. The molecule has 2 atom stereocenters. The van der Waals surface area contributed by atoms with E-state index in [-0.39, 0.29) is 0 Å². The van der Waals surface area contributed by atoms with E-state index in [1.54, 1.807) is 17.3 Å². The number of rotatable bonds is 3. The van der Waals surface area contributed by atoms with Crippen LogP contribution in [-0.4, -0.2) is 20.8 Å². The molecule has 1 N–H and O–H groups in total. The van der Waals surface area contributed by atoms with Crippen LogP contribution in [0, 0.1) is 5.92 Å². The predicted octanol–water partition coefficient (Wildman–Crippen LogP) is 3.91. The zero-order chi connectivity index (χ0) is 13.9. The minimum atomic E-state index is 0.513. The summed E-state index contributed by atoms with van der Waals surface area (Å²) >= 11 is 6.14. The van der Waals surface area contributed by atoms with Crippen LogP contribution in [0.3, 0.4) is 0 Å². The number of hydrogen-bond acceptors (Lipinski definition) is 3. The molecule has 1 saturated carbocycles. The third kappa shape index (κ3) is 2.96. The van der Waals surface area contributed by atoms with E-state index in [0.29, 0.717) is 6.04 Å². The van der Waals surface area contributed by atoms with E-state index in [4.69, 9.17) is 11.6 Å². The van der Waals surface area contributed by atoms with Gasteiger partial charge in [0.2, 0.25) is 0 Å². The third-order valence-corrected chi connectivity index (χ3v) is 4.16. The molecule has 2 unspecified atom stereocenters. The van der Waals surface area contributed by atoms with Gasteiger partial charge in [0.1, 0.15) is 12.7 Å². The molecular formula is C15H19ClN4. The Kier molecular flexibility index (Phi) is 3.92. The number of anilines is 1. The maximum Gasteiger partial charge on any atom is 0.138 e. The highest BCUT2D eigenvalue weighted by molar-refractivity contribution is 6.31. The van der Waals surface area contributed by atoms with Crippen LogP contribution in [0.2, 0.25) is 5.02 Å². The fourth-order valence-corrected chi connectivity index (χ4v) is 3.11. The van der Waals surface area contributed by atoms with Crippen molar-refractivity contribution >= 4 is 17.3 Å². The first-order valence-electron chi connectivity index (χ1n) is 7.13. The summed E-state index contributed by atoms with van der Waals surface area (Å²) in [6, 6.07) is 6.34. The van der Waals surface area contributed by atoms with Gasteiger partial charge >= 0.3 is 0 Å². The molecule has 106 valence electrons. The lowest BCUT2D eigenvalue weighted by atomic mass is 9.87. The molecule has 0 spiro atoms. The highest BCUT2D eigenvalue weighted by Crippen LogP contribution is 2.30. The molecule has 1 aromatic heterocycles. The van der Waals surface area contributed by atoms with Crippen molar-refractivity contribution in [2.45, 2.75) is 38.6 Å².